The lowest BCUT2D eigenvalue weighted by Gasteiger charge is -2.13. The van der Waals surface area contributed by atoms with Crippen LogP contribution in [-0.4, -0.2) is 37.4 Å². The number of ether oxygens (including phenoxy) is 4. The Morgan fingerprint density at radius 3 is 2.50 bits per heavy atom. The summed E-state index contributed by atoms with van der Waals surface area (Å²) in [6.07, 6.45) is 1.46. The molecule has 0 N–H and O–H groups in total. The van der Waals surface area contributed by atoms with Crippen LogP contribution in [0.25, 0.3) is 10.9 Å². The molecular formula is C18H18N2O4. The number of hydrogen-bond acceptors (Lipinski definition) is 6. The molecule has 124 valence electrons. The van der Waals surface area contributed by atoms with Gasteiger partial charge in [0.1, 0.15) is 18.7 Å². The van der Waals surface area contributed by atoms with Gasteiger partial charge in [-0.25, -0.2) is 9.97 Å². The van der Waals surface area contributed by atoms with Crippen molar-refractivity contribution < 1.29 is 18.9 Å². The Bertz CT molecular complexity index is 809. The summed E-state index contributed by atoms with van der Waals surface area (Å²) < 4.78 is 22.0. The van der Waals surface area contributed by atoms with Crippen LogP contribution in [-0.2, 0) is 4.74 Å². The van der Waals surface area contributed by atoms with Crippen molar-refractivity contribution in [2.45, 2.75) is 0 Å². The fourth-order valence-electron chi connectivity index (χ4n) is 2.23. The summed E-state index contributed by atoms with van der Waals surface area (Å²) in [5.41, 5.74) is 0.712. The standard InChI is InChI=1S/C18H18N2O4/c1-21-8-9-23-17-11-15-14(10-16(17)22-2)18(20-12-19-15)24-13-6-4-3-5-7-13/h3-7,10-12H,8-9H2,1-2H3. The first-order valence-electron chi connectivity index (χ1n) is 7.49. The van der Waals surface area contributed by atoms with Gasteiger partial charge in [-0.05, 0) is 18.2 Å². The zero-order chi connectivity index (χ0) is 16.8. The minimum Gasteiger partial charge on any atom is -0.493 e. The first-order valence-corrected chi connectivity index (χ1v) is 7.49. The predicted octanol–water partition coefficient (Wildman–Crippen LogP) is 3.46. The van der Waals surface area contributed by atoms with Crippen molar-refractivity contribution in [3.63, 3.8) is 0 Å². The summed E-state index contributed by atoms with van der Waals surface area (Å²) in [6, 6.07) is 13.1. The van der Waals surface area contributed by atoms with E-state index in [4.69, 9.17) is 18.9 Å². The Balaban J connectivity index is 1.97. The maximum Gasteiger partial charge on any atom is 0.230 e. The molecule has 0 spiro atoms. The second-order valence-corrected chi connectivity index (χ2v) is 4.96. The molecule has 3 aromatic rings. The van der Waals surface area contributed by atoms with Gasteiger partial charge >= 0.3 is 0 Å². The zero-order valence-corrected chi connectivity index (χ0v) is 13.6. The summed E-state index contributed by atoms with van der Waals surface area (Å²) in [7, 11) is 3.22. The fourth-order valence-corrected chi connectivity index (χ4v) is 2.23. The van der Waals surface area contributed by atoms with E-state index in [-0.39, 0.29) is 0 Å². The molecule has 1 heterocycles. The van der Waals surface area contributed by atoms with Crippen LogP contribution in [0.1, 0.15) is 0 Å². The minimum atomic E-state index is 0.427. The Hall–Kier alpha value is -2.86. The Kier molecular flexibility index (Phi) is 5.08. The second kappa shape index (κ2) is 7.61. The average molecular weight is 326 g/mol. The molecule has 0 aliphatic heterocycles. The normalized spacial score (nSPS) is 10.6. The van der Waals surface area contributed by atoms with Gasteiger partial charge in [-0.1, -0.05) is 18.2 Å². The van der Waals surface area contributed by atoms with Gasteiger partial charge in [0.25, 0.3) is 0 Å². The minimum absolute atomic E-state index is 0.427. The monoisotopic (exact) mass is 326 g/mol. The molecule has 3 rings (SSSR count). The number of nitrogens with zero attached hydrogens (tertiary/aromatic N) is 2. The molecule has 0 amide bonds. The third-order valence-corrected chi connectivity index (χ3v) is 3.39. The number of hydrogen-bond donors (Lipinski definition) is 0. The van der Waals surface area contributed by atoms with Crippen LogP contribution >= 0.6 is 0 Å². The van der Waals surface area contributed by atoms with Crippen molar-refractivity contribution in [1.82, 2.24) is 9.97 Å². The lowest BCUT2D eigenvalue weighted by Crippen LogP contribution is -2.05. The SMILES string of the molecule is COCCOc1cc2ncnc(Oc3ccccc3)c2cc1OC. The third kappa shape index (κ3) is 3.55. The van der Waals surface area contributed by atoms with E-state index in [9.17, 15) is 0 Å². The summed E-state index contributed by atoms with van der Waals surface area (Å²) in [5.74, 6) is 2.36. The van der Waals surface area contributed by atoms with Crippen LogP contribution < -0.4 is 14.2 Å². The molecule has 0 saturated heterocycles. The van der Waals surface area contributed by atoms with Gasteiger partial charge < -0.3 is 18.9 Å². The molecule has 0 aliphatic rings. The predicted molar refractivity (Wildman–Crippen MR) is 90.0 cm³/mol. The highest BCUT2D eigenvalue weighted by Gasteiger charge is 2.13. The van der Waals surface area contributed by atoms with Gasteiger partial charge in [-0.15, -0.1) is 0 Å². The second-order valence-electron chi connectivity index (χ2n) is 4.96. The van der Waals surface area contributed by atoms with E-state index in [1.165, 1.54) is 6.33 Å². The fraction of sp³-hybridized carbons (Fsp3) is 0.222. The molecule has 0 bridgehead atoms. The largest absolute Gasteiger partial charge is 0.493 e. The smallest absolute Gasteiger partial charge is 0.230 e. The summed E-state index contributed by atoms with van der Waals surface area (Å²) in [4.78, 5) is 8.52. The van der Waals surface area contributed by atoms with E-state index in [1.54, 1.807) is 14.2 Å². The highest BCUT2D eigenvalue weighted by Crippen LogP contribution is 2.35. The lowest BCUT2D eigenvalue weighted by molar-refractivity contribution is 0.144. The summed E-state index contributed by atoms with van der Waals surface area (Å²) >= 11 is 0. The van der Waals surface area contributed by atoms with Crippen molar-refractivity contribution in [3.8, 4) is 23.1 Å². The van der Waals surface area contributed by atoms with Crippen LogP contribution in [0.3, 0.4) is 0 Å². The van der Waals surface area contributed by atoms with Crippen molar-refractivity contribution in [1.29, 1.82) is 0 Å². The molecule has 0 radical (unpaired) electrons. The first-order chi connectivity index (χ1) is 11.8. The third-order valence-electron chi connectivity index (χ3n) is 3.39. The molecule has 0 aliphatic carbocycles. The molecule has 6 heteroatoms. The van der Waals surface area contributed by atoms with Crippen LogP contribution in [0, 0.1) is 0 Å². The Labute approximate surface area is 140 Å². The Morgan fingerprint density at radius 2 is 1.75 bits per heavy atom. The van der Waals surface area contributed by atoms with E-state index < -0.39 is 0 Å². The maximum atomic E-state index is 5.86. The van der Waals surface area contributed by atoms with Crippen molar-refractivity contribution >= 4 is 10.9 Å². The molecule has 0 fully saturated rings. The number of para-hydroxylation sites is 1. The van der Waals surface area contributed by atoms with E-state index >= 15 is 0 Å². The summed E-state index contributed by atoms with van der Waals surface area (Å²) in [5, 5.41) is 0.747. The van der Waals surface area contributed by atoms with Gasteiger partial charge in [-0.2, -0.15) is 0 Å². The number of methoxy groups -OCH3 is 2. The lowest BCUT2D eigenvalue weighted by atomic mass is 10.2. The number of aromatic nitrogens is 2. The van der Waals surface area contributed by atoms with Crippen molar-refractivity contribution in [2.24, 2.45) is 0 Å². The number of fused-ring (bicyclic) bond motifs is 1. The molecule has 24 heavy (non-hydrogen) atoms. The quantitative estimate of drug-likeness (QED) is 0.620. The van der Waals surface area contributed by atoms with Crippen LogP contribution in [0.15, 0.2) is 48.8 Å². The molecule has 1 aromatic heterocycles. The van der Waals surface area contributed by atoms with Gasteiger partial charge in [0, 0.05) is 13.2 Å². The molecular weight excluding hydrogens is 308 g/mol. The van der Waals surface area contributed by atoms with E-state index in [2.05, 4.69) is 9.97 Å². The Morgan fingerprint density at radius 1 is 0.917 bits per heavy atom. The molecule has 0 atom stereocenters. The van der Waals surface area contributed by atoms with Gasteiger partial charge in [0.15, 0.2) is 11.5 Å². The highest BCUT2D eigenvalue weighted by atomic mass is 16.5. The van der Waals surface area contributed by atoms with Gasteiger partial charge in [-0.3, -0.25) is 0 Å². The number of benzene rings is 2. The zero-order valence-electron chi connectivity index (χ0n) is 13.6. The first kappa shape index (κ1) is 16.0. The van der Waals surface area contributed by atoms with E-state index in [0.717, 1.165) is 5.39 Å². The van der Waals surface area contributed by atoms with Crippen LogP contribution in [0.5, 0.6) is 23.1 Å². The maximum absolute atomic E-state index is 5.86. The molecule has 0 saturated carbocycles. The summed E-state index contributed by atoms with van der Waals surface area (Å²) in [6.45, 7) is 0.921. The molecule has 6 nitrogen and oxygen atoms in total. The van der Waals surface area contributed by atoms with E-state index in [1.807, 2.05) is 42.5 Å². The van der Waals surface area contributed by atoms with Gasteiger partial charge in [0.05, 0.1) is 24.6 Å². The topological polar surface area (TPSA) is 62.7 Å². The van der Waals surface area contributed by atoms with Crippen LogP contribution in [0.2, 0.25) is 0 Å². The van der Waals surface area contributed by atoms with Crippen LogP contribution in [0.4, 0.5) is 0 Å². The van der Waals surface area contributed by atoms with Crippen molar-refractivity contribution in [3.05, 3.63) is 48.8 Å². The highest BCUT2D eigenvalue weighted by molar-refractivity contribution is 5.87. The van der Waals surface area contributed by atoms with Crippen molar-refractivity contribution in [2.75, 3.05) is 27.4 Å². The number of rotatable bonds is 7. The molecule has 2 aromatic carbocycles. The van der Waals surface area contributed by atoms with E-state index in [0.29, 0.717) is 41.9 Å². The average Bonchev–Trinajstić information content (AvgIpc) is 2.62. The van der Waals surface area contributed by atoms with Gasteiger partial charge in [0.2, 0.25) is 5.88 Å². The molecule has 0 unspecified atom stereocenters.